The van der Waals surface area contributed by atoms with E-state index < -0.39 is 0 Å². The summed E-state index contributed by atoms with van der Waals surface area (Å²) in [5, 5.41) is 0. The van der Waals surface area contributed by atoms with Crippen LogP contribution in [0.3, 0.4) is 0 Å². The van der Waals surface area contributed by atoms with E-state index in [1.165, 1.54) is 16.7 Å². The van der Waals surface area contributed by atoms with Gasteiger partial charge in [0, 0.05) is 0 Å². The lowest BCUT2D eigenvalue weighted by molar-refractivity contribution is -0.154. The van der Waals surface area contributed by atoms with Gasteiger partial charge >= 0.3 is 11.9 Å². The average Bonchev–Trinajstić information content (AvgIpc) is 2.81. The molecule has 2 aliphatic carbocycles. The number of benzene rings is 1. The maximum atomic E-state index is 12.0. The van der Waals surface area contributed by atoms with Crippen molar-refractivity contribution in [2.24, 2.45) is 17.8 Å². The van der Waals surface area contributed by atoms with Gasteiger partial charge in [-0.2, -0.15) is 0 Å². The van der Waals surface area contributed by atoms with Gasteiger partial charge in [-0.1, -0.05) is 12.1 Å². The maximum absolute atomic E-state index is 12.0. The Bertz CT molecular complexity index is 673. The minimum absolute atomic E-state index is 0.114. The highest BCUT2D eigenvalue weighted by Gasteiger charge is 2.51. The lowest BCUT2D eigenvalue weighted by Crippen LogP contribution is -2.32. The Labute approximate surface area is 122 Å². The summed E-state index contributed by atoms with van der Waals surface area (Å²) in [6.07, 6.45) is 4.51. The fraction of sp³-hybridized carbons (Fsp3) is 0.412. The van der Waals surface area contributed by atoms with Crippen LogP contribution >= 0.6 is 0 Å². The van der Waals surface area contributed by atoms with Gasteiger partial charge in [-0.25, -0.2) is 0 Å². The van der Waals surface area contributed by atoms with Crippen molar-refractivity contribution in [3.8, 4) is 5.75 Å². The second kappa shape index (κ2) is 4.45. The van der Waals surface area contributed by atoms with Crippen molar-refractivity contribution in [2.45, 2.75) is 19.3 Å². The normalized spacial score (nSPS) is 30.0. The molecule has 4 nitrogen and oxygen atoms in total. The molecular weight excluding hydrogens is 268 g/mol. The van der Waals surface area contributed by atoms with Gasteiger partial charge < -0.3 is 9.47 Å². The first-order chi connectivity index (χ1) is 10.2. The van der Waals surface area contributed by atoms with Gasteiger partial charge in [0.15, 0.2) is 0 Å². The third kappa shape index (κ3) is 1.75. The summed E-state index contributed by atoms with van der Waals surface area (Å²) in [5.74, 6) is -0.266. The molecule has 3 aliphatic rings. The molecule has 0 spiro atoms. The van der Waals surface area contributed by atoms with Gasteiger partial charge in [0.05, 0.1) is 18.9 Å². The minimum Gasteiger partial charge on any atom is -0.497 e. The summed E-state index contributed by atoms with van der Waals surface area (Å²) >= 11 is 0. The molecule has 108 valence electrons. The smallest absolute Gasteiger partial charge is 0.318 e. The van der Waals surface area contributed by atoms with Gasteiger partial charge in [0.1, 0.15) is 5.75 Å². The van der Waals surface area contributed by atoms with Crippen molar-refractivity contribution >= 4 is 17.5 Å². The number of carbonyl (C=O) groups is 2. The van der Waals surface area contributed by atoms with Crippen LogP contribution in [0, 0.1) is 17.8 Å². The molecule has 0 saturated carbocycles. The molecule has 4 heteroatoms. The van der Waals surface area contributed by atoms with Gasteiger partial charge in [0.25, 0.3) is 0 Å². The van der Waals surface area contributed by atoms with E-state index in [-0.39, 0.29) is 29.7 Å². The van der Waals surface area contributed by atoms with Crippen LogP contribution in [0.25, 0.3) is 5.57 Å². The first kappa shape index (κ1) is 12.6. The van der Waals surface area contributed by atoms with Crippen molar-refractivity contribution in [2.75, 3.05) is 7.11 Å². The van der Waals surface area contributed by atoms with Crippen LogP contribution in [0.5, 0.6) is 5.75 Å². The molecule has 21 heavy (non-hydrogen) atoms. The standard InChI is InChI=1S/C17H16O4/c1-20-10-3-5-11-9(8-10)2-4-13-12(11)6-7-14-15(13)17(19)21-16(14)18/h3,5-6,8,13-15H,2,4,7H2,1H3. The zero-order valence-corrected chi connectivity index (χ0v) is 11.8. The van der Waals surface area contributed by atoms with Gasteiger partial charge in [-0.15, -0.1) is 0 Å². The second-order valence-corrected chi connectivity index (χ2v) is 5.94. The molecule has 1 aromatic rings. The first-order valence-corrected chi connectivity index (χ1v) is 7.32. The number of fused-ring (bicyclic) bond motifs is 5. The summed E-state index contributed by atoms with van der Waals surface area (Å²) in [4.78, 5) is 23.7. The number of aryl methyl sites for hydroxylation is 1. The highest BCUT2D eigenvalue weighted by molar-refractivity contribution is 5.99. The largest absolute Gasteiger partial charge is 0.497 e. The highest BCUT2D eigenvalue weighted by Crippen LogP contribution is 2.49. The zero-order chi connectivity index (χ0) is 14.6. The molecule has 1 heterocycles. The summed E-state index contributed by atoms with van der Waals surface area (Å²) in [6.45, 7) is 0. The van der Waals surface area contributed by atoms with Crippen molar-refractivity contribution in [1.29, 1.82) is 0 Å². The van der Waals surface area contributed by atoms with Crippen molar-refractivity contribution < 1.29 is 19.1 Å². The number of allylic oxidation sites excluding steroid dienone is 2. The quantitative estimate of drug-likeness (QED) is 0.587. The lowest BCUT2D eigenvalue weighted by Gasteiger charge is -2.35. The van der Waals surface area contributed by atoms with Crippen LogP contribution in [0.15, 0.2) is 24.3 Å². The van der Waals surface area contributed by atoms with E-state index >= 15 is 0 Å². The Hall–Kier alpha value is -2.10. The fourth-order valence-corrected chi connectivity index (χ4v) is 3.98. The Morgan fingerprint density at radius 2 is 2.05 bits per heavy atom. The van der Waals surface area contributed by atoms with E-state index in [9.17, 15) is 9.59 Å². The predicted octanol–water partition coefficient (Wildman–Crippen LogP) is 2.36. The van der Waals surface area contributed by atoms with Gasteiger partial charge in [-0.05, 0) is 54.0 Å². The molecular formula is C17H16O4. The molecule has 3 atom stereocenters. The van der Waals surface area contributed by atoms with Crippen LogP contribution in [0.1, 0.15) is 24.0 Å². The number of rotatable bonds is 1. The average molecular weight is 284 g/mol. The van der Waals surface area contributed by atoms with Gasteiger partial charge in [0.2, 0.25) is 0 Å². The number of hydrogen-bond donors (Lipinski definition) is 0. The van der Waals surface area contributed by atoms with Gasteiger partial charge in [-0.3, -0.25) is 9.59 Å². The molecule has 1 aliphatic heterocycles. The Kier molecular flexibility index (Phi) is 2.67. The predicted molar refractivity (Wildman–Crippen MR) is 75.5 cm³/mol. The SMILES string of the molecule is COc1ccc2c(c1)CCC1C2=CCC2C(=O)OC(=O)C21. The second-order valence-electron chi connectivity index (χ2n) is 5.94. The molecule has 0 aromatic heterocycles. The molecule has 4 rings (SSSR count). The third-order valence-electron chi connectivity index (χ3n) is 4.98. The number of methoxy groups -OCH3 is 1. The van der Waals surface area contributed by atoms with E-state index in [0.717, 1.165) is 18.6 Å². The highest BCUT2D eigenvalue weighted by atomic mass is 16.6. The molecule has 3 unspecified atom stereocenters. The minimum atomic E-state index is -0.346. The topological polar surface area (TPSA) is 52.6 Å². The number of carbonyl (C=O) groups excluding carboxylic acids is 2. The number of esters is 2. The molecule has 0 amide bonds. The van der Waals surface area contributed by atoms with E-state index in [4.69, 9.17) is 9.47 Å². The molecule has 1 fully saturated rings. The van der Waals surface area contributed by atoms with Crippen LogP contribution in [-0.2, 0) is 20.7 Å². The summed E-state index contributed by atoms with van der Waals surface area (Å²) in [7, 11) is 1.66. The number of hydrogen-bond acceptors (Lipinski definition) is 4. The van der Waals surface area contributed by atoms with Crippen molar-refractivity contribution in [3.63, 3.8) is 0 Å². The van der Waals surface area contributed by atoms with E-state index in [1.54, 1.807) is 7.11 Å². The molecule has 0 N–H and O–H groups in total. The van der Waals surface area contributed by atoms with Crippen LogP contribution < -0.4 is 4.74 Å². The molecule has 0 bridgehead atoms. The van der Waals surface area contributed by atoms with Crippen molar-refractivity contribution in [3.05, 3.63) is 35.4 Å². The fourth-order valence-electron chi connectivity index (χ4n) is 3.98. The monoisotopic (exact) mass is 284 g/mol. The zero-order valence-electron chi connectivity index (χ0n) is 11.8. The number of cyclic esters (lactones) is 2. The number of ether oxygens (including phenoxy) is 2. The third-order valence-corrected chi connectivity index (χ3v) is 4.98. The Morgan fingerprint density at radius 3 is 2.86 bits per heavy atom. The molecule has 1 aromatic carbocycles. The molecule has 1 saturated heterocycles. The Balaban J connectivity index is 1.77. The Morgan fingerprint density at radius 1 is 1.19 bits per heavy atom. The van der Waals surface area contributed by atoms with E-state index in [1.807, 2.05) is 6.07 Å². The summed E-state index contributed by atoms with van der Waals surface area (Å²) in [6, 6.07) is 6.08. The van der Waals surface area contributed by atoms with E-state index in [0.29, 0.717) is 6.42 Å². The lowest BCUT2D eigenvalue weighted by atomic mass is 9.66. The van der Waals surface area contributed by atoms with E-state index in [2.05, 4.69) is 18.2 Å². The maximum Gasteiger partial charge on any atom is 0.318 e. The molecule has 0 radical (unpaired) electrons. The van der Waals surface area contributed by atoms with Crippen LogP contribution in [-0.4, -0.2) is 19.0 Å². The van der Waals surface area contributed by atoms with Crippen LogP contribution in [0.2, 0.25) is 0 Å². The van der Waals surface area contributed by atoms with Crippen LogP contribution in [0.4, 0.5) is 0 Å². The summed E-state index contributed by atoms with van der Waals surface area (Å²) < 4.78 is 10.1. The van der Waals surface area contributed by atoms with Crippen molar-refractivity contribution in [1.82, 2.24) is 0 Å². The first-order valence-electron chi connectivity index (χ1n) is 7.32. The summed E-state index contributed by atoms with van der Waals surface area (Å²) in [5.41, 5.74) is 3.65.